The van der Waals surface area contributed by atoms with Crippen LogP contribution in [0.3, 0.4) is 0 Å². The van der Waals surface area contributed by atoms with Crippen LogP contribution in [-0.4, -0.2) is 47.3 Å². The van der Waals surface area contributed by atoms with Gasteiger partial charge in [0.25, 0.3) is 0 Å². The van der Waals surface area contributed by atoms with Crippen LogP contribution in [0.15, 0.2) is 0 Å². The lowest BCUT2D eigenvalue weighted by Crippen LogP contribution is -2.58. The molecule has 1 rings (SSSR count). The molecule has 1 saturated carbocycles. The monoisotopic (exact) mass is 254 g/mol. The molecule has 100 valence electrons. The van der Waals surface area contributed by atoms with E-state index in [-0.39, 0.29) is 19.0 Å². The first-order valence-electron chi connectivity index (χ1n) is 5.50. The number of aliphatic carboxylic acids is 1. The number of halogens is 3. The zero-order valence-corrected chi connectivity index (χ0v) is 9.63. The van der Waals surface area contributed by atoms with Crippen molar-refractivity contribution in [3.8, 4) is 0 Å². The highest BCUT2D eigenvalue weighted by Crippen LogP contribution is 2.39. The number of hydrogen-bond donors (Lipinski definition) is 2. The van der Waals surface area contributed by atoms with Crippen molar-refractivity contribution >= 4 is 5.97 Å². The molecule has 7 heteroatoms. The number of nitrogens with zero attached hydrogens (tertiary/aromatic N) is 1. The van der Waals surface area contributed by atoms with Crippen LogP contribution in [0.2, 0.25) is 0 Å². The van der Waals surface area contributed by atoms with Gasteiger partial charge in [0, 0.05) is 6.54 Å². The van der Waals surface area contributed by atoms with Gasteiger partial charge >= 0.3 is 12.1 Å². The first-order chi connectivity index (χ1) is 7.69. The first kappa shape index (κ1) is 14.2. The van der Waals surface area contributed by atoms with E-state index in [9.17, 15) is 18.0 Å². The predicted molar refractivity (Wildman–Crippen MR) is 55.4 cm³/mol. The fourth-order valence-corrected chi connectivity index (χ4v) is 1.87. The SMILES string of the molecule is CCN(CC(F)(F)F)CC(N)(C(=O)O)C1CC1. The zero-order chi connectivity index (χ0) is 13.3. The van der Waals surface area contributed by atoms with Crippen LogP contribution in [0.25, 0.3) is 0 Å². The first-order valence-corrected chi connectivity index (χ1v) is 5.50. The summed E-state index contributed by atoms with van der Waals surface area (Å²) >= 11 is 0. The van der Waals surface area contributed by atoms with E-state index in [2.05, 4.69) is 0 Å². The molecule has 0 spiro atoms. The summed E-state index contributed by atoms with van der Waals surface area (Å²) in [5.41, 5.74) is 4.18. The summed E-state index contributed by atoms with van der Waals surface area (Å²) in [7, 11) is 0. The Bertz CT molecular complexity index is 292. The van der Waals surface area contributed by atoms with Gasteiger partial charge in [-0.25, -0.2) is 0 Å². The second kappa shape index (κ2) is 4.81. The molecule has 0 aliphatic heterocycles. The second-order valence-electron chi connectivity index (χ2n) is 4.54. The molecule has 0 bridgehead atoms. The fourth-order valence-electron chi connectivity index (χ4n) is 1.87. The second-order valence-corrected chi connectivity index (χ2v) is 4.54. The third-order valence-corrected chi connectivity index (χ3v) is 3.04. The molecular weight excluding hydrogens is 237 g/mol. The Hall–Kier alpha value is -0.820. The van der Waals surface area contributed by atoms with E-state index in [0.29, 0.717) is 12.8 Å². The van der Waals surface area contributed by atoms with E-state index in [1.807, 2.05) is 0 Å². The van der Waals surface area contributed by atoms with Crippen molar-refractivity contribution in [1.82, 2.24) is 4.90 Å². The average Bonchev–Trinajstić information content (AvgIpc) is 2.97. The molecule has 1 unspecified atom stereocenters. The van der Waals surface area contributed by atoms with Crippen molar-refractivity contribution in [3.05, 3.63) is 0 Å². The molecule has 0 heterocycles. The van der Waals surface area contributed by atoms with Gasteiger partial charge in [-0.1, -0.05) is 6.92 Å². The highest BCUT2D eigenvalue weighted by Gasteiger charge is 2.49. The normalized spacial score (nSPS) is 20.4. The number of alkyl halides is 3. The van der Waals surface area contributed by atoms with Crippen molar-refractivity contribution in [1.29, 1.82) is 0 Å². The van der Waals surface area contributed by atoms with Gasteiger partial charge < -0.3 is 10.8 Å². The third kappa shape index (κ3) is 3.85. The van der Waals surface area contributed by atoms with E-state index < -0.39 is 24.2 Å². The van der Waals surface area contributed by atoms with Crippen molar-refractivity contribution in [3.63, 3.8) is 0 Å². The average molecular weight is 254 g/mol. The lowest BCUT2D eigenvalue weighted by atomic mass is 9.94. The molecule has 17 heavy (non-hydrogen) atoms. The molecule has 1 fully saturated rings. The molecular formula is C10H17F3N2O2. The lowest BCUT2D eigenvalue weighted by Gasteiger charge is -2.32. The van der Waals surface area contributed by atoms with Crippen LogP contribution in [-0.2, 0) is 4.79 Å². The standard InChI is InChI=1S/C10H17F3N2O2/c1-2-15(6-10(11,12)13)5-9(14,8(16)17)7-3-4-7/h7H,2-6,14H2,1H3,(H,16,17). The largest absolute Gasteiger partial charge is 0.480 e. The van der Waals surface area contributed by atoms with Crippen molar-refractivity contribution in [2.45, 2.75) is 31.5 Å². The minimum atomic E-state index is -4.33. The summed E-state index contributed by atoms with van der Waals surface area (Å²) in [5, 5.41) is 9.05. The van der Waals surface area contributed by atoms with Gasteiger partial charge in [-0.05, 0) is 25.3 Å². The van der Waals surface area contributed by atoms with Crippen molar-refractivity contribution in [2.75, 3.05) is 19.6 Å². The van der Waals surface area contributed by atoms with Gasteiger partial charge in [0.05, 0.1) is 6.54 Å². The number of hydrogen-bond acceptors (Lipinski definition) is 3. The molecule has 0 aromatic carbocycles. The van der Waals surface area contributed by atoms with E-state index in [0.717, 1.165) is 4.90 Å². The van der Waals surface area contributed by atoms with Gasteiger partial charge in [-0.15, -0.1) is 0 Å². The summed E-state index contributed by atoms with van der Waals surface area (Å²) in [5.74, 6) is -1.43. The number of likely N-dealkylation sites (N-methyl/N-ethyl adjacent to an activating group) is 1. The smallest absolute Gasteiger partial charge is 0.401 e. The van der Waals surface area contributed by atoms with Crippen molar-refractivity contribution < 1.29 is 23.1 Å². The maximum Gasteiger partial charge on any atom is 0.401 e. The molecule has 1 aliphatic carbocycles. The molecule has 3 N–H and O–H groups in total. The predicted octanol–water partition coefficient (Wildman–Crippen LogP) is 1.06. The van der Waals surface area contributed by atoms with Crippen LogP contribution < -0.4 is 5.73 Å². The topological polar surface area (TPSA) is 66.6 Å². The Labute approximate surface area is 97.6 Å². The Balaban J connectivity index is 2.67. The van der Waals surface area contributed by atoms with E-state index in [4.69, 9.17) is 10.8 Å². The summed E-state index contributed by atoms with van der Waals surface area (Å²) in [6.45, 7) is 0.296. The van der Waals surface area contributed by atoms with Crippen LogP contribution >= 0.6 is 0 Å². The van der Waals surface area contributed by atoms with Gasteiger partial charge in [0.2, 0.25) is 0 Å². The van der Waals surface area contributed by atoms with Crippen LogP contribution in [0.1, 0.15) is 19.8 Å². The number of carboxylic acid groups (broad SMARTS) is 1. The van der Waals surface area contributed by atoms with Gasteiger partial charge in [-0.2, -0.15) is 13.2 Å². The summed E-state index contributed by atoms with van der Waals surface area (Å²) < 4.78 is 36.8. The Morgan fingerprint density at radius 3 is 2.24 bits per heavy atom. The molecule has 0 amide bonds. The van der Waals surface area contributed by atoms with E-state index in [1.165, 1.54) is 0 Å². The van der Waals surface area contributed by atoms with Crippen LogP contribution in [0.5, 0.6) is 0 Å². The molecule has 1 aliphatic rings. The summed E-state index contributed by atoms with van der Waals surface area (Å²) in [4.78, 5) is 12.1. The number of carbonyl (C=O) groups is 1. The Morgan fingerprint density at radius 1 is 1.41 bits per heavy atom. The minimum Gasteiger partial charge on any atom is -0.480 e. The zero-order valence-electron chi connectivity index (χ0n) is 9.63. The number of carboxylic acids is 1. The van der Waals surface area contributed by atoms with Gasteiger partial charge in [-0.3, -0.25) is 9.69 Å². The Kier molecular flexibility index (Phi) is 4.03. The van der Waals surface area contributed by atoms with Crippen LogP contribution in [0, 0.1) is 5.92 Å². The molecule has 4 nitrogen and oxygen atoms in total. The minimum absolute atomic E-state index is 0.123. The summed E-state index contributed by atoms with van der Waals surface area (Å²) in [6, 6.07) is 0. The maximum atomic E-state index is 12.3. The number of nitrogens with two attached hydrogens (primary N) is 1. The maximum absolute atomic E-state index is 12.3. The van der Waals surface area contributed by atoms with Crippen LogP contribution in [0.4, 0.5) is 13.2 Å². The highest BCUT2D eigenvalue weighted by molar-refractivity contribution is 5.79. The lowest BCUT2D eigenvalue weighted by molar-refractivity contribution is -0.155. The molecule has 0 saturated heterocycles. The Morgan fingerprint density at radius 2 is 1.94 bits per heavy atom. The quantitative estimate of drug-likeness (QED) is 0.744. The van der Waals surface area contributed by atoms with Crippen molar-refractivity contribution in [2.24, 2.45) is 11.7 Å². The van der Waals surface area contributed by atoms with E-state index in [1.54, 1.807) is 6.92 Å². The van der Waals surface area contributed by atoms with Gasteiger partial charge in [0.15, 0.2) is 0 Å². The fraction of sp³-hybridized carbons (Fsp3) is 0.900. The molecule has 0 radical (unpaired) electrons. The number of rotatable bonds is 6. The third-order valence-electron chi connectivity index (χ3n) is 3.04. The molecule has 0 aromatic heterocycles. The van der Waals surface area contributed by atoms with Gasteiger partial charge in [0.1, 0.15) is 5.54 Å². The highest BCUT2D eigenvalue weighted by atomic mass is 19.4. The molecule has 1 atom stereocenters. The molecule has 0 aromatic rings. The van der Waals surface area contributed by atoms with E-state index >= 15 is 0 Å². The summed E-state index contributed by atoms with van der Waals surface area (Å²) in [6.07, 6.45) is -2.99.